The molecule has 4 rings (SSSR count). The Morgan fingerprint density at radius 1 is 1.00 bits per heavy atom. The van der Waals surface area contributed by atoms with Crippen molar-refractivity contribution in [3.05, 3.63) is 23.8 Å². The van der Waals surface area contributed by atoms with Gasteiger partial charge in [0.15, 0.2) is 11.5 Å². The van der Waals surface area contributed by atoms with Crippen LogP contribution in [0.2, 0.25) is 0 Å². The molecule has 2 heterocycles. The van der Waals surface area contributed by atoms with Crippen LogP contribution < -0.4 is 14.8 Å². The number of ether oxygens (including phenoxy) is 4. The van der Waals surface area contributed by atoms with Crippen molar-refractivity contribution in [2.75, 3.05) is 66.8 Å². The first-order chi connectivity index (χ1) is 19.4. The maximum atomic E-state index is 13.8. The minimum absolute atomic E-state index is 0.0142. The number of amides is 2. The summed E-state index contributed by atoms with van der Waals surface area (Å²) in [7, 11) is 3.27. The van der Waals surface area contributed by atoms with Crippen LogP contribution in [0.1, 0.15) is 62.7 Å². The number of methoxy groups -OCH3 is 2. The molecule has 1 aliphatic carbocycles. The fourth-order valence-electron chi connectivity index (χ4n) is 5.88. The van der Waals surface area contributed by atoms with Gasteiger partial charge in [-0.25, -0.2) is 0 Å². The Kier molecular flexibility index (Phi) is 11.5. The molecule has 3 aliphatic rings. The molecule has 2 amide bonds. The minimum Gasteiger partial charge on any atom is -0.493 e. The Labute approximate surface area is 239 Å². The highest BCUT2D eigenvalue weighted by molar-refractivity contribution is 5.95. The molecule has 0 unspecified atom stereocenters. The van der Waals surface area contributed by atoms with Crippen molar-refractivity contribution in [3.63, 3.8) is 0 Å². The zero-order chi connectivity index (χ0) is 28.5. The van der Waals surface area contributed by atoms with Crippen molar-refractivity contribution < 1.29 is 28.5 Å². The highest BCUT2D eigenvalue weighted by Gasteiger charge is 2.39. The lowest BCUT2D eigenvalue weighted by Gasteiger charge is -2.34. The first kappa shape index (κ1) is 30.6. The summed E-state index contributed by atoms with van der Waals surface area (Å²) in [5.74, 6) is 2.50. The van der Waals surface area contributed by atoms with Crippen LogP contribution in [0.25, 0.3) is 0 Å². The molecule has 1 N–H and O–H groups in total. The van der Waals surface area contributed by atoms with Gasteiger partial charge in [0.2, 0.25) is 5.91 Å². The minimum atomic E-state index is -0.0142. The SMILES string of the molecule is COCCCOc1cc(C(=O)N(C[C@@H]2CNC[C@H]2CN(C(=O)CC2CCOCC2)C2CC2)C(C)C)ccc1OC. The van der Waals surface area contributed by atoms with Crippen LogP contribution >= 0.6 is 0 Å². The molecule has 3 fully saturated rings. The number of carbonyl (C=O) groups excluding carboxylic acids is 2. The van der Waals surface area contributed by atoms with Crippen molar-refractivity contribution in [2.45, 2.75) is 64.5 Å². The highest BCUT2D eigenvalue weighted by atomic mass is 16.5. The molecule has 40 heavy (non-hydrogen) atoms. The summed E-state index contributed by atoms with van der Waals surface area (Å²) in [5.41, 5.74) is 0.588. The van der Waals surface area contributed by atoms with Gasteiger partial charge in [0.25, 0.3) is 5.91 Å². The topological polar surface area (TPSA) is 89.6 Å². The second-order valence-electron chi connectivity index (χ2n) is 11.8. The van der Waals surface area contributed by atoms with Gasteiger partial charge in [-0.05, 0) is 75.5 Å². The average molecular weight is 560 g/mol. The van der Waals surface area contributed by atoms with Crippen LogP contribution in [0.15, 0.2) is 18.2 Å². The van der Waals surface area contributed by atoms with E-state index in [2.05, 4.69) is 24.1 Å². The molecular weight excluding hydrogens is 510 g/mol. The van der Waals surface area contributed by atoms with E-state index in [1.165, 1.54) is 0 Å². The molecule has 1 aromatic rings. The first-order valence-electron chi connectivity index (χ1n) is 15.1. The van der Waals surface area contributed by atoms with E-state index in [0.717, 1.165) is 65.0 Å². The third kappa shape index (κ3) is 8.33. The highest BCUT2D eigenvalue weighted by Crippen LogP contribution is 2.33. The van der Waals surface area contributed by atoms with Gasteiger partial charge in [-0.15, -0.1) is 0 Å². The van der Waals surface area contributed by atoms with Crippen LogP contribution in [-0.2, 0) is 14.3 Å². The van der Waals surface area contributed by atoms with Gasteiger partial charge in [0.05, 0.1) is 13.7 Å². The van der Waals surface area contributed by atoms with Gasteiger partial charge >= 0.3 is 0 Å². The Morgan fingerprint density at radius 2 is 1.73 bits per heavy atom. The largest absolute Gasteiger partial charge is 0.493 e. The molecular formula is C31H49N3O6. The lowest BCUT2D eigenvalue weighted by Crippen LogP contribution is -2.45. The predicted molar refractivity (Wildman–Crippen MR) is 154 cm³/mol. The number of nitrogens with one attached hydrogen (secondary N) is 1. The van der Waals surface area contributed by atoms with E-state index < -0.39 is 0 Å². The number of carbonyl (C=O) groups is 2. The Morgan fingerprint density at radius 3 is 2.38 bits per heavy atom. The summed E-state index contributed by atoms with van der Waals surface area (Å²) in [4.78, 5) is 31.3. The van der Waals surface area contributed by atoms with Crippen molar-refractivity contribution in [3.8, 4) is 11.5 Å². The molecule has 9 heteroatoms. The van der Waals surface area contributed by atoms with Crippen LogP contribution in [-0.4, -0.2) is 101 Å². The van der Waals surface area contributed by atoms with Gasteiger partial charge in [-0.3, -0.25) is 9.59 Å². The Hall–Kier alpha value is -2.36. The zero-order valence-corrected chi connectivity index (χ0v) is 24.9. The molecule has 0 spiro atoms. The van der Waals surface area contributed by atoms with E-state index in [1.807, 2.05) is 11.0 Å². The van der Waals surface area contributed by atoms with Gasteiger partial charge < -0.3 is 34.1 Å². The Bertz CT molecular complexity index is 962. The molecule has 0 radical (unpaired) electrons. The Balaban J connectivity index is 1.40. The maximum Gasteiger partial charge on any atom is 0.254 e. The monoisotopic (exact) mass is 559 g/mol. The van der Waals surface area contributed by atoms with Gasteiger partial charge in [0, 0.05) is 83.6 Å². The smallest absolute Gasteiger partial charge is 0.254 e. The fourth-order valence-corrected chi connectivity index (χ4v) is 5.88. The van der Waals surface area contributed by atoms with E-state index in [4.69, 9.17) is 18.9 Å². The lowest BCUT2D eigenvalue weighted by atomic mass is 9.92. The number of rotatable bonds is 15. The normalized spacial score (nSPS) is 21.4. The number of hydrogen-bond acceptors (Lipinski definition) is 7. The number of nitrogens with zero attached hydrogens (tertiary/aromatic N) is 2. The zero-order valence-electron chi connectivity index (χ0n) is 24.9. The van der Waals surface area contributed by atoms with Gasteiger partial charge in [-0.1, -0.05) is 0 Å². The molecule has 2 atom stereocenters. The molecule has 0 bridgehead atoms. The molecule has 1 aromatic carbocycles. The van der Waals surface area contributed by atoms with E-state index in [9.17, 15) is 9.59 Å². The van der Waals surface area contributed by atoms with Crippen molar-refractivity contribution >= 4 is 11.8 Å². The van der Waals surface area contributed by atoms with E-state index in [0.29, 0.717) is 67.0 Å². The predicted octanol–water partition coefficient (Wildman–Crippen LogP) is 3.60. The quantitative estimate of drug-likeness (QED) is 0.329. The van der Waals surface area contributed by atoms with Crippen LogP contribution in [0.3, 0.4) is 0 Å². The first-order valence-corrected chi connectivity index (χ1v) is 15.1. The molecule has 9 nitrogen and oxygen atoms in total. The maximum absolute atomic E-state index is 13.8. The van der Waals surface area contributed by atoms with Gasteiger partial charge in [-0.2, -0.15) is 0 Å². The van der Waals surface area contributed by atoms with Crippen molar-refractivity contribution in [2.24, 2.45) is 17.8 Å². The summed E-state index contributed by atoms with van der Waals surface area (Å²) in [6.45, 7) is 9.90. The van der Waals surface area contributed by atoms with Crippen LogP contribution in [0.5, 0.6) is 11.5 Å². The molecule has 224 valence electrons. The van der Waals surface area contributed by atoms with Crippen molar-refractivity contribution in [1.82, 2.24) is 15.1 Å². The number of benzene rings is 1. The summed E-state index contributed by atoms with van der Waals surface area (Å²) in [5, 5.41) is 3.55. The summed E-state index contributed by atoms with van der Waals surface area (Å²) < 4.78 is 22.0. The third-order valence-electron chi connectivity index (χ3n) is 8.50. The van der Waals surface area contributed by atoms with E-state index >= 15 is 0 Å². The van der Waals surface area contributed by atoms with Crippen LogP contribution in [0.4, 0.5) is 0 Å². The average Bonchev–Trinajstić information content (AvgIpc) is 3.71. The fraction of sp³-hybridized carbons (Fsp3) is 0.742. The molecule has 2 aliphatic heterocycles. The molecule has 2 saturated heterocycles. The third-order valence-corrected chi connectivity index (χ3v) is 8.50. The molecule has 0 aromatic heterocycles. The lowest BCUT2D eigenvalue weighted by molar-refractivity contribution is -0.134. The van der Waals surface area contributed by atoms with E-state index in [1.54, 1.807) is 26.4 Å². The van der Waals surface area contributed by atoms with Crippen LogP contribution in [0, 0.1) is 17.8 Å². The van der Waals surface area contributed by atoms with Gasteiger partial charge in [0.1, 0.15) is 0 Å². The summed E-state index contributed by atoms with van der Waals surface area (Å²) in [6, 6.07) is 5.83. The standard InChI is InChI=1S/C31H49N3O6/c1-22(2)33(31(36)24-6-9-28(38-4)29(17-24)40-13-5-12-37-3)20-25-18-32-19-26(25)21-34(27-7-8-27)30(35)16-23-10-14-39-15-11-23/h6,9,17,22-23,25-27,32H,5,7-8,10-16,18-21H2,1-4H3/t25-,26-/m0/s1. The van der Waals surface area contributed by atoms with E-state index in [-0.39, 0.29) is 17.9 Å². The van der Waals surface area contributed by atoms with Crippen molar-refractivity contribution in [1.29, 1.82) is 0 Å². The number of hydrogen-bond donors (Lipinski definition) is 1. The summed E-state index contributed by atoms with van der Waals surface area (Å²) in [6.07, 6.45) is 5.56. The second kappa shape index (κ2) is 15.0. The second-order valence-corrected chi connectivity index (χ2v) is 11.8. The molecule has 1 saturated carbocycles. The summed E-state index contributed by atoms with van der Waals surface area (Å²) >= 11 is 0.